The fourth-order valence-electron chi connectivity index (χ4n) is 1.88. The molecule has 0 radical (unpaired) electrons. The van der Waals surface area contributed by atoms with E-state index in [0.29, 0.717) is 0 Å². The van der Waals surface area contributed by atoms with Crippen molar-refractivity contribution in [2.24, 2.45) is 0 Å². The predicted octanol–water partition coefficient (Wildman–Crippen LogP) is 0.839. The third-order valence-corrected chi connectivity index (χ3v) is 3.03. The van der Waals surface area contributed by atoms with Gasteiger partial charge >= 0.3 is 5.97 Å². The molecule has 1 fully saturated rings. The Morgan fingerprint density at radius 3 is 2.53 bits per heavy atom. The smallest absolute Gasteiger partial charge is 0.338 e. The van der Waals surface area contributed by atoms with E-state index in [1.807, 2.05) is 0 Å². The summed E-state index contributed by atoms with van der Waals surface area (Å²) in [6.07, 6.45) is 1.70. The standard InChI is InChI=1S/C11H13F2N3O3/c12-11(13)1-3-15(4-2-11)9(17)7-16-6-8(5-14-16)10(18)19/h5-6H,1-4,7H2,(H,18,19). The van der Waals surface area contributed by atoms with Crippen LogP contribution in [0.25, 0.3) is 0 Å². The molecular weight excluding hydrogens is 260 g/mol. The number of rotatable bonds is 3. The predicted molar refractivity (Wildman–Crippen MR) is 59.9 cm³/mol. The zero-order valence-corrected chi connectivity index (χ0v) is 10.1. The number of piperidine rings is 1. The highest BCUT2D eigenvalue weighted by Crippen LogP contribution is 2.27. The van der Waals surface area contributed by atoms with E-state index in [1.165, 1.54) is 15.8 Å². The van der Waals surface area contributed by atoms with Gasteiger partial charge in [-0.1, -0.05) is 0 Å². The quantitative estimate of drug-likeness (QED) is 0.885. The zero-order valence-electron chi connectivity index (χ0n) is 10.1. The van der Waals surface area contributed by atoms with Crippen molar-refractivity contribution in [1.82, 2.24) is 14.7 Å². The first-order valence-electron chi connectivity index (χ1n) is 5.79. The molecule has 2 heterocycles. The van der Waals surface area contributed by atoms with Crippen LogP contribution in [-0.4, -0.2) is 50.7 Å². The van der Waals surface area contributed by atoms with Crippen molar-refractivity contribution in [3.63, 3.8) is 0 Å². The second-order valence-electron chi connectivity index (χ2n) is 4.47. The number of nitrogens with zero attached hydrogens (tertiary/aromatic N) is 3. The van der Waals surface area contributed by atoms with Crippen LogP contribution in [0.2, 0.25) is 0 Å². The Hall–Kier alpha value is -1.99. The van der Waals surface area contributed by atoms with Gasteiger partial charge in [0.05, 0.1) is 11.8 Å². The molecule has 1 aliphatic rings. The summed E-state index contributed by atoms with van der Waals surface area (Å²) in [6.45, 7) is -0.114. The molecule has 1 aromatic rings. The maximum atomic E-state index is 12.9. The lowest BCUT2D eigenvalue weighted by molar-refractivity contribution is -0.138. The van der Waals surface area contributed by atoms with Crippen molar-refractivity contribution in [3.8, 4) is 0 Å². The average Bonchev–Trinajstić information content (AvgIpc) is 2.77. The lowest BCUT2D eigenvalue weighted by Crippen LogP contribution is -2.44. The molecule has 0 unspecified atom stereocenters. The summed E-state index contributed by atoms with van der Waals surface area (Å²) in [7, 11) is 0. The normalized spacial score (nSPS) is 18.3. The first-order chi connectivity index (χ1) is 8.87. The number of carbonyl (C=O) groups excluding carboxylic acids is 1. The Labute approximate surface area is 107 Å². The number of carboxylic acid groups (broad SMARTS) is 1. The van der Waals surface area contributed by atoms with Crippen LogP contribution in [0.3, 0.4) is 0 Å². The number of halogens is 2. The second-order valence-corrected chi connectivity index (χ2v) is 4.47. The minimum atomic E-state index is -2.70. The van der Waals surface area contributed by atoms with Crippen molar-refractivity contribution in [2.75, 3.05) is 13.1 Å². The second kappa shape index (κ2) is 4.94. The van der Waals surface area contributed by atoms with E-state index in [-0.39, 0.29) is 43.9 Å². The van der Waals surface area contributed by atoms with Crippen molar-refractivity contribution >= 4 is 11.9 Å². The van der Waals surface area contributed by atoms with Gasteiger partial charge in [-0.25, -0.2) is 13.6 Å². The van der Waals surface area contributed by atoms with E-state index >= 15 is 0 Å². The number of carbonyl (C=O) groups is 2. The molecule has 2 rings (SSSR count). The molecule has 0 saturated carbocycles. The Morgan fingerprint density at radius 1 is 1.37 bits per heavy atom. The zero-order chi connectivity index (χ0) is 14.0. The molecule has 1 saturated heterocycles. The maximum Gasteiger partial charge on any atom is 0.338 e. The molecular formula is C11H13F2N3O3. The molecule has 1 amide bonds. The Kier molecular flexibility index (Phi) is 3.50. The van der Waals surface area contributed by atoms with Crippen LogP contribution >= 0.6 is 0 Å². The average molecular weight is 273 g/mol. The molecule has 1 aromatic heterocycles. The van der Waals surface area contributed by atoms with Gasteiger partial charge in [0.15, 0.2) is 0 Å². The van der Waals surface area contributed by atoms with Gasteiger partial charge in [0.25, 0.3) is 5.92 Å². The fourth-order valence-corrected chi connectivity index (χ4v) is 1.88. The molecule has 1 aliphatic heterocycles. The van der Waals surface area contributed by atoms with Crippen molar-refractivity contribution in [3.05, 3.63) is 18.0 Å². The summed E-state index contributed by atoms with van der Waals surface area (Å²) in [4.78, 5) is 23.8. The number of amides is 1. The largest absolute Gasteiger partial charge is 0.478 e. The lowest BCUT2D eigenvalue weighted by Gasteiger charge is -2.31. The van der Waals surface area contributed by atoms with Gasteiger partial charge in [0, 0.05) is 32.1 Å². The Balaban J connectivity index is 1.92. The first kappa shape index (κ1) is 13.4. The van der Waals surface area contributed by atoms with E-state index in [9.17, 15) is 18.4 Å². The highest BCUT2D eigenvalue weighted by Gasteiger charge is 2.35. The van der Waals surface area contributed by atoms with Crippen LogP contribution in [0.5, 0.6) is 0 Å². The van der Waals surface area contributed by atoms with E-state index in [4.69, 9.17) is 5.11 Å². The van der Waals surface area contributed by atoms with Crippen LogP contribution in [0.4, 0.5) is 8.78 Å². The summed E-state index contributed by atoms with van der Waals surface area (Å²) in [5.41, 5.74) is -0.0158. The third kappa shape index (κ3) is 3.27. The lowest BCUT2D eigenvalue weighted by atomic mass is 10.1. The number of aromatic nitrogens is 2. The molecule has 1 N–H and O–H groups in total. The van der Waals surface area contributed by atoms with Gasteiger partial charge in [-0.2, -0.15) is 5.10 Å². The molecule has 0 spiro atoms. The third-order valence-electron chi connectivity index (χ3n) is 3.03. The molecule has 0 aliphatic carbocycles. The van der Waals surface area contributed by atoms with E-state index < -0.39 is 11.9 Å². The molecule has 0 aromatic carbocycles. The highest BCUT2D eigenvalue weighted by molar-refractivity contribution is 5.87. The minimum Gasteiger partial charge on any atom is -0.478 e. The van der Waals surface area contributed by atoms with E-state index in [2.05, 4.69) is 5.10 Å². The summed E-state index contributed by atoms with van der Waals surface area (Å²) in [6, 6.07) is 0. The Bertz CT molecular complexity index is 491. The number of carboxylic acids is 1. The number of hydrogen-bond donors (Lipinski definition) is 1. The summed E-state index contributed by atoms with van der Waals surface area (Å²) in [5.74, 6) is -4.16. The van der Waals surface area contributed by atoms with Gasteiger partial charge in [0.2, 0.25) is 5.91 Å². The van der Waals surface area contributed by atoms with E-state index in [0.717, 1.165) is 6.20 Å². The molecule has 104 valence electrons. The minimum absolute atomic E-state index is 0.0128. The molecule has 8 heteroatoms. The number of aromatic carboxylic acids is 1. The van der Waals surface area contributed by atoms with Gasteiger partial charge in [-0.3, -0.25) is 9.48 Å². The number of likely N-dealkylation sites (tertiary alicyclic amines) is 1. The van der Waals surface area contributed by atoms with Crippen molar-refractivity contribution in [1.29, 1.82) is 0 Å². The summed E-state index contributed by atoms with van der Waals surface area (Å²) in [5, 5.41) is 12.4. The van der Waals surface area contributed by atoms with Crippen LogP contribution in [0, 0.1) is 0 Å². The van der Waals surface area contributed by atoms with Crippen molar-refractivity contribution in [2.45, 2.75) is 25.3 Å². The topological polar surface area (TPSA) is 75.4 Å². The van der Waals surface area contributed by atoms with Gasteiger partial charge in [-0.05, 0) is 0 Å². The summed E-state index contributed by atoms with van der Waals surface area (Å²) >= 11 is 0. The fraction of sp³-hybridized carbons (Fsp3) is 0.545. The van der Waals surface area contributed by atoms with Crippen LogP contribution in [-0.2, 0) is 11.3 Å². The molecule has 6 nitrogen and oxygen atoms in total. The molecule has 19 heavy (non-hydrogen) atoms. The molecule has 0 atom stereocenters. The van der Waals surface area contributed by atoms with Crippen LogP contribution < -0.4 is 0 Å². The Morgan fingerprint density at radius 2 is 2.00 bits per heavy atom. The first-order valence-corrected chi connectivity index (χ1v) is 5.79. The van der Waals surface area contributed by atoms with Crippen LogP contribution in [0.1, 0.15) is 23.2 Å². The number of alkyl halides is 2. The van der Waals surface area contributed by atoms with Crippen LogP contribution in [0.15, 0.2) is 12.4 Å². The van der Waals surface area contributed by atoms with Gasteiger partial charge in [0.1, 0.15) is 6.54 Å². The molecule has 0 bridgehead atoms. The maximum absolute atomic E-state index is 12.9. The highest BCUT2D eigenvalue weighted by atomic mass is 19.3. The number of hydrogen-bond acceptors (Lipinski definition) is 3. The summed E-state index contributed by atoms with van der Waals surface area (Å²) < 4.78 is 27.1. The SMILES string of the molecule is O=C(O)c1cnn(CC(=O)N2CCC(F)(F)CC2)c1. The van der Waals surface area contributed by atoms with Gasteiger partial charge in [-0.15, -0.1) is 0 Å². The monoisotopic (exact) mass is 273 g/mol. The van der Waals surface area contributed by atoms with Crippen molar-refractivity contribution < 1.29 is 23.5 Å². The van der Waals surface area contributed by atoms with Gasteiger partial charge < -0.3 is 10.0 Å². The van der Waals surface area contributed by atoms with E-state index in [1.54, 1.807) is 0 Å².